The van der Waals surface area contributed by atoms with E-state index in [0.717, 1.165) is 13.8 Å². The zero-order valence-corrected chi connectivity index (χ0v) is 37.3. The Balaban J connectivity index is 1.39. The second-order valence-corrected chi connectivity index (χ2v) is 18.4. The predicted octanol–water partition coefficient (Wildman–Crippen LogP) is 5.04. The number of benzene rings is 3. The fourth-order valence-electron chi connectivity index (χ4n) is 10.2. The molecule has 17 heteroatoms. The van der Waals surface area contributed by atoms with Crippen LogP contribution in [-0.4, -0.2) is 105 Å². The molecule has 15 nitrogen and oxygen atoms in total. The van der Waals surface area contributed by atoms with Crippen LogP contribution in [0.5, 0.6) is 0 Å². The summed E-state index contributed by atoms with van der Waals surface area (Å²) in [6.07, 6.45) is -10.8. The minimum atomic E-state index is -2.43. The van der Waals surface area contributed by atoms with Crippen LogP contribution in [-0.2, 0) is 42.9 Å². The summed E-state index contributed by atoms with van der Waals surface area (Å²) >= 11 is 12.5. The van der Waals surface area contributed by atoms with Crippen molar-refractivity contribution in [2.75, 3.05) is 6.61 Å². The number of carbonyl (C=O) groups excluding carboxylic acids is 6. The topological polar surface area (TPSA) is 221 Å². The maximum absolute atomic E-state index is 15.5. The van der Waals surface area contributed by atoms with Crippen molar-refractivity contribution in [3.8, 4) is 0 Å². The summed E-state index contributed by atoms with van der Waals surface area (Å²) in [6, 6.07) is 18.5. The van der Waals surface area contributed by atoms with E-state index in [9.17, 15) is 39.3 Å². The summed E-state index contributed by atoms with van der Waals surface area (Å²) in [5, 5.41) is 40.5. The molecule has 2 saturated carbocycles. The van der Waals surface area contributed by atoms with Crippen LogP contribution in [0.4, 0.5) is 0 Å². The molecule has 0 radical (unpaired) electrons. The summed E-state index contributed by atoms with van der Waals surface area (Å²) in [7, 11) is 0. The van der Waals surface area contributed by atoms with E-state index < -0.39 is 113 Å². The van der Waals surface area contributed by atoms with E-state index in [-0.39, 0.29) is 50.9 Å². The van der Waals surface area contributed by atoms with Gasteiger partial charge in [-0.3, -0.25) is 19.2 Å². The average molecular weight is 923 g/mol. The molecule has 1 saturated heterocycles. The summed E-state index contributed by atoms with van der Waals surface area (Å²) < 4.78 is 30.3. The van der Waals surface area contributed by atoms with Crippen molar-refractivity contribution in [2.45, 2.75) is 108 Å². The first-order chi connectivity index (χ1) is 30.1. The number of Topliss-reactive ketones (excluding diaryl/α,β-unsaturated/α-hetero) is 1. The van der Waals surface area contributed by atoms with Crippen molar-refractivity contribution in [1.29, 1.82) is 0 Å². The van der Waals surface area contributed by atoms with Crippen LogP contribution in [0.1, 0.15) is 86.7 Å². The van der Waals surface area contributed by atoms with E-state index in [2.05, 4.69) is 5.32 Å². The number of ether oxygens (including phenoxy) is 5. The van der Waals surface area contributed by atoms with E-state index in [0.29, 0.717) is 0 Å². The van der Waals surface area contributed by atoms with Gasteiger partial charge >= 0.3 is 23.9 Å². The van der Waals surface area contributed by atoms with Gasteiger partial charge < -0.3 is 44.3 Å². The van der Waals surface area contributed by atoms with Gasteiger partial charge in [0.05, 0.1) is 45.7 Å². The van der Waals surface area contributed by atoms with E-state index in [4.69, 9.17) is 46.9 Å². The smallest absolute Gasteiger partial charge is 0.338 e. The number of hydrogen-bond acceptors (Lipinski definition) is 14. The van der Waals surface area contributed by atoms with Gasteiger partial charge in [-0.15, -0.1) is 0 Å². The molecule has 3 aliphatic carbocycles. The third kappa shape index (κ3) is 7.79. The fourth-order valence-corrected chi connectivity index (χ4v) is 10.5. The molecular weight excluding hydrogens is 873 g/mol. The van der Waals surface area contributed by atoms with Crippen molar-refractivity contribution in [3.05, 3.63) is 117 Å². The number of amides is 1. The van der Waals surface area contributed by atoms with Crippen LogP contribution < -0.4 is 5.32 Å². The zero-order valence-electron chi connectivity index (χ0n) is 35.8. The molecular formula is C47H49Cl2NO14. The lowest BCUT2D eigenvalue weighted by molar-refractivity contribution is -0.346. The molecule has 1 aliphatic heterocycles. The van der Waals surface area contributed by atoms with Crippen molar-refractivity contribution < 1.29 is 67.8 Å². The number of rotatable bonds is 10. The Morgan fingerprint density at radius 3 is 2.05 bits per heavy atom. The average Bonchev–Trinajstić information content (AvgIpc) is 3.24. The highest BCUT2D eigenvalue weighted by Gasteiger charge is 2.78. The number of ketones is 1. The largest absolute Gasteiger partial charge is 0.456 e. The molecule has 64 heavy (non-hydrogen) atoms. The molecule has 7 rings (SSSR count). The van der Waals surface area contributed by atoms with Crippen LogP contribution >= 0.6 is 23.2 Å². The maximum atomic E-state index is 15.5. The van der Waals surface area contributed by atoms with Crippen LogP contribution in [0.25, 0.3) is 0 Å². The molecule has 1 heterocycles. The van der Waals surface area contributed by atoms with Gasteiger partial charge in [-0.2, -0.15) is 0 Å². The lowest BCUT2D eigenvalue weighted by Crippen LogP contribution is -2.82. The van der Waals surface area contributed by atoms with E-state index in [1.807, 2.05) is 0 Å². The van der Waals surface area contributed by atoms with Crippen molar-refractivity contribution >= 4 is 58.8 Å². The van der Waals surface area contributed by atoms with E-state index in [1.54, 1.807) is 50.2 Å². The van der Waals surface area contributed by atoms with E-state index >= 15 is 4.79 Å². The number of halogens is 2. The van der Waals surface area contributed by atoms with Crippen LogP contribution in [0.2, 0.25) is 10.0 Å². The highest BCUT2D eigenvalue weighted by Crippen LogP contribution is 2.64. The van der Waals surface area contributed by atoms with Crippen LogP contribution in [0.3, 0.4) is 0 Å². The first-order valence-electron chi connectivity index (χ1n) is 20.7. The van der Waals surface area contributed by atoms with Gasteiger partial charge in [0.25, 0.3) is 5.91 Å². The SMILES string of the molecule is CC(=O)O[C@H]1C(=O)[C@@]2(C)[C@H]([C@H](OC(=O)c3ccccc3)[C@]3(O)C[C@H](OC(=O)[C@H](O)[C@@H](NC(=O)c4ccccc4)c4ccc(Cl)c(Cl)c4)C(C)=C1C3(C)C)[C@]1(OC(C)=O)CO[C@@H]1C[C@@H]2O. The lowest BCUT2D eigenvalue weighted by Gasteiger charge is -2.67. The van der Waals surface area contributed by atoms with Gasteiger partial charge in [0.1, 0.15) is 23.9 Å². The molecule has 0 unspecified atom stereocenters. The first-order valence-corrected chi connectivity index (χ1v) is 21.4. The number of carbonyl (C=O) groups is 6. The molecule has 3 aromatic rings. The second kappa shape index (κ2) is 17.3. The molecule has 4 aliphatic rings. The van der Waals surface area contributed by atoms with Gasteiger partial charge in [-0.1, -0.05) is 79.5 Å². The Bertz CT molecular complexity index is 2410. The quantitative estimate of drug-likeness (QED) is 0.119. The third-order valence-corrected chi connectivity index (χ3v) is 14.4. The number of hydrogen-bond donors (Lipinski definition) is 4. The number of fused-ring (bicyclic) bond motifs is 5. The molecule has 11 atom stereocenters. The Morgan fingerprint density at radius 1 is 0.859 bits per heavy atom. The minimum Gasteiger partial charge on any atom is -0.456 e. The molecule has 0 spiro atoms. The van der Waals surface area contributed by atoms with Gasteiger partial charge in [0.2, 0.25) is 0 Å². The molecule has 1 amide bonds. The Labute approximate surface area is 378 Å². The number of aliphatic hydroxyl groups is 3. The second-order valence-electron chi connectivity index (χ2n) is 17.6. The molecule has 3 fully saturated rings. The predicted molar refractivity (Wildman–Crippen MR) is 228 cm³/mol. The highest BCUT2D eigenvalue weighted by atomic mass is 35.5. The van der Waals surface area contributed by atoms with Gasteiger partial charge in [-0.25, -0.2) is 9.59 Å². The Morgan fingerprint density at radius 2 is 1.48 bits per heavy atom. The number of nitrogens with one attached hydrogen (secondary N) is 1. The van der Waals surface area contributed by atoms with Crippen molar-refractivity contribution in [2.24, 2.45) is 16.7 Å². The Hall–Kier alpha value is -5.16. The lowest BCUT2D eigenvalue weighted by atomic mass is 9.44. The monoisotopic (exact) mass is 921 g/mol. The molecule has 4 N–H and O–H groups in total. The van der Waals surface area contributed by atoms with Gasteiger partial charge in [0.15, 0.2) is 23.6 Å². The fraction of sp³-hybridized carbons (Fsp3) is 0.447. The minimum absolute atomic E-state index is 0.0340. The standard InChI is InChI=1S/C47H49Cl2NO14/c1-23-31(62-43(58)36(54)35(28-17-18-29(48)30(49)19-28)50-41(56)26-13-9-7-10-14-26)21-47(59)40(63-42(57)27-15-11-8-12-16-27)38-45(6,32(53)20-33-46(38,22-60-33)64-25(3)52)39(55)37(61-24(2)51)34(23)44(47,4)5/h7-19,31-33,35-38,40,53-54,59H,20-22H2,1-6H3,(H,50,56)/t31-,32-,33+,35-,36+,37+,38-,40-,45+,46-,47+/m0/s1. The first kappa shape index (κ1) is 46.8. The molecule has 3 aromatic carbocycles. The summed E-state index contributed by atoms with van der Waals surface area (Å²) in [5.41, 5.74) is -7.47. The van der Waals surface area contributed by atoms with Gasteiger partial charge in [0, 0.05) is 37.7 Å². The van der Waals surface area contributed by atoms with Crippen molar-refractivity contribution in [1.82, 2.24) is 5.32 Å². The van der Waals surface area contributed by atoms with Crippen molar-refractivity contribution in [3.63, 3.8) is 0 Å². The van der Waals surface area contributed by atoms with Crippen LogP contribution in [0, 0.1) is 16.7 Å². The Kier molecular flexibility index (Phi) is 12.7. The summed E-state index contributed by atoms with van der Waals surface area (Å²) in [6.45, 7) is 7.85. The summed E-state index contributed by atoms with van der Waals surface area (Å²) in [4.78, 5) is 83.7. The third-order valence-electron chi connectivity index (χ3n) is 13.6. The number of aliphatic hydroxyl groups excluding tert-OH is 2. The normalized spacial score (nSPS) is 31.3. The molecule has 340 valence electrons. The number of esters is 4. The molecule has 0 aromatic heterocycles. The van der Waals surface area contributed by atoms with Gasteiger partial charge in [-0.05, 0) is 67.0 Å². The highest BCUT2D eigenvalue weighted by molar-refractivity contribution is 6.42. The summed E-state index contributed by atoms with van der Waals surface area (Å²) in [5.74, 6) is -7.09. The van der Waals surface area contributed by atoms with E-state index in [1.165, 1.54) is 56.3 Å². The van der Waals surface area contributed by atoms with Crippen LogP contribution in [0.15, 0.2) is 90.0 Å². The zero-order chi connectivity index (χ0) is 46.7. The maximum Gasteiger partial charge on any atom is 0.338 e. The molecule has 2 bridgehead atoms.